The van der Waals surface area contributed by atoms with Gasteiger partial charge in [-0.15, -0.1) is 0 Å². The SMILES string of the molecule is COC(=O)c1nc(OC)nc(OC)c1I. The first kappa shape index (κ1) is 12.0. The van der Waals surface area contributed by atoms with E-state index in [2.05, 4.69) is 14.7 Å². The number of carbonyl (C=O) groups excluding carboxylic acids is 1. The van der Waals surface area contributed by atoms with Crippen molar-refractivity contribution in [2.75, 3.05) is 21.3 Å². The fraction of sp³-hybridized carbons (Fsp3) is 0.375. The van der Waals surface area contributed by atoms with E-state index < -0.39 is 5.97 Å². The number of rotatable bonds is 3. The van der Waals surface area contributed by atoms with E-state index in [4.69, 9.17) is 9.47 Å². The largest absolute Gasteiger partial charge is 0.480 e. The number of carbonyl (C=O) groups is 1. The van der Waals surface area contributed by atoms with Gasteiger partial charge in [-0.3, -0.25) is 0 Å². The fourth-order valence-corrected chi connectivity index (χ4v) is 1.55. The van der Waals surface area contributed by atoms with E-state index in [1.54, 1.807) is 0 Å². The van der Waals surface area contributed by atoms with Crippen LogP contribution >= 0.6 is 22.6 Å². The molecule has 0 spiro atoms. The van der Waals surface area contributed by atoms with Crippen LogP contribution in [0, 0.1) is 3.57 Å². The van der Waals surface area contributed by atoms with Crippen LogP contribution in [0.25, 0.3) is 0 Å². The molecule has 0 unspecified atom stereocenters. The van der Waals surface area contributed by atoms with Crippen LogP contribution in [0.5, 0.6) is 11.9 Å². The Bertz CT molecular complexity index is 383. The van der Waals surface area contributed by atoms with E-state index in [0.29, 0.717) is 3.57 Å². The summed E-state index contributed by atoms with van der Waals surface area (Å²) in [5.41, 5.74) is 0.127. The molecule has 0 aliphatic rings. The average molecular weight is 324 g/mol. The lowest BCUT2D eigenvalue weighted by Gasteiger charge is -2.07. The number of methoxy groups -OCH3 is 3. The smallest absolute Gasteiger partial charge is 0.358 e. The summed E-state index contributed by atoms with van der Waals surface area (Å²) in [7, 11) is 4.13. The van der Waals surface area contributed by atoms with Gasteiger partial charge in [-0.1, -0.05) is 0 Å². The summed E-state index contributed by atoms with van der Waals surface area (Å²) in [5.74, 6) is -0.277. The lowest BCUT2D eigenvalue weighted by atomic mass is 10.4. The summed E-state index contributed by atoms with van der Waals surface area (Å²) in [5, 5.41) is 0. The summed E-state index contributed by atoms with van der Waals surface area (Å²) >= 11 is 1.91. The first-order valence-electron chi connectivity index (χ1n) is 3.87. The first-order chi connectivity index (χ1) is 7.13. The molecule has 7 heteroatoms. The molecule has 15 heavy (non-hydrogen) atoms. The highest BCUT2D eigenvalue weighted by Crippen LogP contribution is 2.23. The predicted molar refractivity (Wildman–Crippen MR) is 59.2 cm³/mol. The van der Waals surface area contributed by atoms with Crippen molar-refractivity contribution in [2.45, 2.75) is 0 Å². The normalized spacial score (nSPS) is 9.60. The number of halogens is 1. The van der Waals surface area contributed by atoms with Crippen LogP contribution in [0.4, 0.5) is 0 Å². The highest BCUT2D eigenvalue weighted by atomic mass is 127. The van der Waals surface area contributed by atoms with Gasteiger partial charge in [0.05, 0.1) is 21.3 Å². The van der Waals surface area contributed by atoms with Gasteiger partial charge in [0, 0.05) is 0 Å². The van der Waals surface area contributed by atoms with E-state index in [1.807, 2.05) is 22.6 Å². The number of aromatic nitrogens is 2. The molecule has 6 nitrogen and oxygen atoms in total. The third kappa shape index (κ3) is 2.46. The summed E-state index contributed by atoms with van der Waals surface area (Å²) < 4.78 is 14.9. The van der Waals surface area contributed by atoms with E-state index >= 15 is 0 Å². The molecular weight excluding hydrogens is 315 g/mol. The van der Waals surface area contributed by atoms with Gasteiger partial charge in [-0.05, 0) is 22.6 Å². The zero-order chi connectivity index (χ0) is 11.4. The quantitative estimate of drug-likeness (QED) is 0.607. The van der Waals surface area contributed by atoms with Crippen molar-refractivity contribution in [3.8, 4) is 11.9 Å². The van der Waals surface area contributed by atoms with Crippen LogP contribution in [0.3, 0.4) is 0 Å². The topological polar surface area (TPSA) is 70.5 Å². The molecule has 0 fully saturated rings. The number of esters is 1. The third-order valence-electron chi connectivity index (χ3n) is 1.55. The average Bonchev–Trinajstić information content (AvgIpc) is 2.28. The molecule has 0 bridgehead atoms. The standard InChI is InChI=1S/C8H9IN2O4/c1-13-6-4(9)5(7(12)14-2)10-8(11-6)15-3/h1-3H3. The first-order valence-corrected chi connectivity index (χ1v) is 4.95. The Morgan fingerprint density at radius 2 is 1.87 bits per heavy atom. The summed E-state index contributed by atoms with van der Waals surface area (Å²) in [6.45, 7) is 0. The van der Waals surface area contributed by atoms with Crippen LogP contribution in [0.15, 0.2) is 0 Å². The van der Waals surface area contributed by atoms with Gasteiger partial charge in [-0.25, -0.2) is 4.79 Å². The molecule has 0 saturated carbocycles. The number of hydrogen-bond acceptors (Lipinski definition) is 6. The Balaban J connectivity index is 3.30. The molecule has 0 aliphatic heterocycles. The van der Waals surface area contributed by atoms with Crippen molar-refractivity contribution < 1.29 is 19.0 Å². The number of ether oxygens (including phenoxy) is 3. The maximum Gasteiger partial charge on any atom is 0.358 e. The van der Waals surface area contributed by atoms with Gasteiger partial charge in [0.25, 0.3) is 0 Å². The lowest BCUT2D eigenvalue weighted by molar-refractivity contribution is 0.0590. The van der Waals surface area contributed by atoms with Gasteiger partial charge in [-0.2, -0.15) is 9.97 Å². The second-order valence-corrected chi connectivity index (χ2v) is 3.45. The molecule has 1 heterocycles. The molecule has 0 aliphatic carbocycles. The Morgan fingerprint density at radius 1 is 1.20 bits per heavy atom. The molecule has 0 radical (unpaired) electrons. The van der Waals surface area contributed by atoms with Crippen molar-refractivity contribution in [2.24, 2.45) is 0 Å². The van der Waals surface area contributed by atoms with Crippen LogP contribution in [0.2, 0.25) is 0 Å². The minimum atomic E-state index is -0.557. The second kappa shape index (κ2) is 5.10. The molecular formula is C8H9IN2O4. The Morgan fingerprint density at radius 3 is 2.33 bits per heavy atom. The molecule has 1 rings (SSSR count). The summed E-state index contributed by atoms with van der Waals surface area (Å²) in [6, 6.07) is 0.0627. The molecule has 0 aromatic carbocycles. The van der Waals surface area contributed by atoms with E-state index in [0.717, 1.165) is 0 Å². The van der Waals surface area contributed by atoms with Crippen LogP contribution < -0.4 is 9.47 Å². The van der Waals surface area contributed by atoms with Gasteiger partial charge >= 0.3 is 12.0 Å². The Hall–Kier alpha value is -1.12. The highest BCUT2D eigenvalue weighted by molar-refractivity contribution is 14.1. The molecule has 0 atom stereocenters. The van der Waals surface area contributed by atoms with Gasteiger partial charge in [0.1, 0.15) is 3.57 Å². The fourth-order valence-electron chi connectivity index (χ4n) is 0.865. The maximum absolute atomic E-state index is 11.3. The predicted octanol–water partition coefficient (Wildman–Crippen LogP) is 0.885. The van der Waals surface area contributed by atoms with Crippen LogP contribution in [-0.4, -0.2) is 37.3 Å². The van der Waals surface area contributed by atoms with Crippen molar-refractivity contribution >= 4 is 28.6 Å². The molecule has 82 valence electrons. The molecule has 0 N–H and O–H groups in total. The molecule has 1 aromatic rings. The monoisotopic (exact) mass is 324 g/mol. The second-order valence-electron chi connectivity index (χ2n) is 2.37. The van der Waals surface area contributed by atoms with E-state index in [1.165, 1.54) is 21.3 Å². The highest BCUT2D eigenvalue weighted by Gasteiger charge is 2.19. The molecule has 0 saturated heterocycles. The lowest BCUT2D eigenvalue weighted by Crippen LogP contribution is -2.10. The zero-order valence-corrected chi connectivity index (χ0v) is 10.6. The van der Waals surface area contributed by atoms with E-state index in [-0.39, 0.29) is 17.6 Å². The van der Waals surface area contributed by atoms with Crippen LogP contribution in [-0.2, 0) is 4.74 Å². The van der Waals surface area contributed by atoms with Gasteiger partial charge in [0.15, 0.2) is 5.69 Å². The zero-order valence-electron chi connectivity index (χ0n) is 8.41. The molecule has 1 aromatic heterocycles. The third-order valence-corrected chi connectivity index (χ3v) is 2.53. The summed E-state index contributed by atoms with van der Waals surface area (Å²) in [4.78, 5) is 19.1. The van der Waals surface area contributed by atoms with Crippen molar-refractivity contribution in [1.82, 2.24) is 9.97 Å². The van der Waals surface area contributed by atoms with Crippen molar-refractivity contribution in [3.63, 3.8) is 0 Å². The van der Waals surface area contributed by atoms with Crippen molar-refractivity contribution in [3.05, 3.63) is 9.26 Å². The van der Waals surface area contributed by atoms with Crippen molar-refractivity contribution in [1.29, 1.82) is 0 Å². The molecule has 0 amide bonds. The Labute approximate surface area is 100 Å². The minimum Gasteiger partial charge on any atom is -0.480 e. The number of nitrogens with zero attached hydrogens (tertiary/aromatic N) is 2. The van der Waals surface area contributed by atoms with Crippen LogP contribution in [0.1, 0.15) is 10.5 Å². The number of hydrogen-bond donors (Lipinski definition) is 0. The van der Waals surface area contributed by atoms with Gasteiger partial charge < -0.3 is 14.2 Å². The Kier molecular flexibility index (Phi) is 4.06. The van der Waals surface area contributed by atoms with E-state index in [9.17, 15) is 4.79 Å². The minimum absolute atomic E-state index is 0.0627. The maximum atomic E-state index is 11.3. The summed E-state index contributed by atoms with van der Waals surface area (Å²) in [6.07, 6.45) is 0. The van der Waals surface area contributed by atoms with Gasteiger partial charge in [0.2, 0.25) is 5.88 Å².